The van der Waals surface area contributed by atoms with Crippen molar-refractivity contribution in [3.8, 4) is 22.9 Å². The Balaban J connectivity index is 1.15. The Morgan fingerprint density at radius 3 is 2.58 bits per heavy atom. The van der Waals surface area contributed by atoms with Crippen LogP contribution in [0.2, 0.25) is 0 Å². The fourth-order valence-corrected chi connectivity index (χ4v) is 5.24. The molecule has 1 aliphatic carbocycles. The highest BCUT2D eigenvalue weighted by Gasteiger charge is 2.36. The first-order chi connectivity index (χ1) is 20.7. The predicted molar refractivity (Wildman–Crippen MR) is 164 cm³/mol. The Bertz CT molecular complexity index is 1880. The summed E-state index contributed by atoms with van der Waals surface area (Å²) in [5.74, 6) is -0.134. The number of fused-ring (bicyclic) bond motifs is 1. The largest absolute Gasteiger partial charge is 0.494 e. The highest BCUT2D eigenvalue weighted by molar-refractivity contribution is 6.05. The molecule has 5 aromatic rings. The van der Waals surface area contributed by atoms with Gasteiger partial charge in [0.1, 0.15) is 17.1 Å². The van der Waals surface area contributed by atoms with Crippen molar-refractivity contribution < 1.29 is 18.7 Å². The van der Waals surface area contributed by atoms with E-state index in [0.29, 0.717) is 40.1 Å². The first-order valence-electron chi connectivity index (χ1n) is 14.4. The zero-order chi connectivity index (χ0) is 30.1. The number of amides is 1. The molecule has 2 aromatic heterocycles. The van der Waals surface area contributed by atoms with Gasteiger partial charge in [-0.2, -0.15) is 0 Å². The van der Waals surface area contributed by atoms with Crippen molar-refractivity contribution >= 4 is 22.5 Å². The number of nitrogens with one attached hydrogen (secondary N) is 1. The fraction of sp³-hybridized carbons (Fsp3) is 0.265. The van der Waals surface area contributed by atoms with Crippen LogP contribution >= 0.6 is 0 Å². The first kappa shape index (κ1) is 28.2. The number of anilines is 1. The van der Waals surface area contributed by atoms with Gasteiger partial charge in [0, 0.05) is 36.5 Å². The number of pyridine rings is 1. The van der Waals surface area contributed by atoms with Crippen molar-refractivity contribution in [3.05, 3.63) is 106 Å². The van der Waals surface area contributed by atoms with E-state index in [0.717, 1.165) is 12.2 Å². The maximum atomic E-state index is 15.2. The topological polar surface area (TPSA) is 87.4 Å². The fourth-order valence-electron chi connectivity index (χ4n) is 5.24. The quantitative estimate of drug-likeness (QED) is 0.177. The van der Waals surface area contributed by atoms with Crippen LogP contribution in [0.5, 0.6) is 17.2 Å². The zero-order valence-electron chi connectivity index (χ0n) is 24.4. The molecule has 3 aromatic carbocycles. The van der Waals surface area contributed by atoms with Crippen LogP contribution in [0.4, 0.5) is 10.1 Å². The molecule has 8 nitrogen and oxygen atoms in total. The Morgan fingerprint density at radius 1 is 1.05 bits per heavy atom. The van der Waals surface area contributed by atoms with Gasteiger partial charge in [-0.1, -0.05) is 25.1 Å². The first-order valence-corrected chi connectivity index (χ1v) is 14.4. The lowest BCUT2D eigenvalue weighted by atomic mass is 10.0. The van der Waals surface area contributed by atoms with Crippen LogP contribution in [0.15, 0.2) is 83.8 Å². The van der Waals surface area contributed by atoms with Crippen molar-refractivity contribution in [2.45, 2.75) is 39.5 Å². The Kier molecular flexibility index (Phi) is 7.48. The molecule has 1 saturated carbocycles. The van der Waals surface area contributed by atoms with E-state index in [1.165, 1.54) is 42.1 Å². The van der Waals surface area contributed by atoms with E-state index in [2.05, 4.69) is 17.2 Å². The molecule has 0 radical (unpaired) electrons. The van der Waals surface area contributed by atoms with E-state index in [-0.39, 0.29) is 17.0 Å². The van der Waals surface area contributed by atoms with Crippen molar-refractivity contribution in [1.82, 2.24) is 14.3 Å². The highest BCUT2D eigenvalue weighted by Crippen LogP contribution is 2.48. The molecule has 0 atom stereocenters. The Labute approximate surface area is 248 Å². The van der Waals surface area contributed by atoms with Crippen LogP contribution in [-0.4, -0.2) is 26.9 Å². The number of para-hydroxylation sites is 1. The molecule has 0 spiro atoms. The lowest BCUT2D eigenvalue weighted by Crippen LogP contribution is -2.25. The monoisotopic (exact) mass is 580 g/mol. The average Bonchev–Trinajstić information content (AvgIpc) is 3.69. The van der Waals surface area contributed by atoms with E-state index < -0.39 is 17.3 Å². The molecule has 0 bridgehead atoms. The van der Waals surface area contributed by atoms with Crippen LogP contribution < -0.4 is 20.3 Å². The molecule has 0 aliphatic heterocycles. The maximum absolute atomic E-state index is 15.2. The van der Waals surface area contributed by atoms with Gasteiger partial charge in [-0.25, -0.2) is 9.07 Å². The van der Waals surface area contributed by atoms with Gasteiger partial charge in [-0.15, -0.1) is 0 Å². The highest BCUT2D eigenvalue weighted by atomic mass is 19.1. The molecule has 0 saturated heterocycles. The van der Waals surface area contributed by atoms with Crippen LogP contribution in [0.1, 0.15) is 48.7 Å². The molecular formula is C34H33FN4O4. The number of hydrogen-bond acceptors (Lipinski definition) is 5. The summed E-state index contributed by atoms with van der Waals surface area (Å²) >= 11 is 0. The Morgan fingerprint density at radius 2 is 1.84 bits per heavy atom. The summed E-state index contributed by atoms with van der Waals surface area (Å²) in [5, 5.41) is 3.36. The van der Waals surface area contributed by atoms with Crippen LogP contribution in [0.25, 0.3) is 16.6 Å². The molecule has 1 amide bonds. The second-order valence-corrected chi connectivity index (χ2v) is 11.4. The second-order valence-electron chi connectivity index (χ2n) is 11.4. The normalized spacial score (nSPS) is 13.6. The van der Waals surface area contributed by atoms with E-state index in [1.807, 2.05) is 36.4 Å². The number of benzene rings is 3. The number of aromatic nitrogens is 3. The number of rotatable bonds is 10. The smallest absolute Gasteiger partial charge is 0.284 e. The third-order valence-electron chi connectivity index (χ3n) is 8.16. The third kappa shape index (κ3) is 5.88. The third-order valence-corrected chi connectivity index (χ3v) is 8.16. The predicted octanol–water partition coefficient (Wildman–Crippen LogP) is 7.18. The van der Waals surface area contributed by atoms with Gasteiger partial charge in [0.05, 0.1) is 23.5 Å². The van der Waals surface area contributed by atoms with Crippen LogP contribution in [0, 0.1) is 18.2 Å². The number of nitrogens with zero attached hydrogens (tertiary/aromatic N) is 3. The summed E-state index contributed by atoms with van der Waals surface area (Å²) in [6.07, 6.45) is 6.39. The summed E-state index contributed by atoms with van der Waals surface area (Å²) in [6.45, 7) is 4.66. The maximum Gasteiger partial charge on any atom is 0.284 e. The number of ether oxygens (including phenoxy) is 2. The summed E-state index contributed by atoms with van der Waals surface area (Å²) in [7, 11) is 1.71. The SMILES string of the molecule is Cc1c(C(=O)Nc2ccc(Oc3ccnc4cc(OCCCC5(C)CC5)ccc34)c(F)c2)c(=O)n(-c2ccccc2)n1C. The molecule has 43 heavy (non-hydrogen) atoms. The second kappa shape index (κ2) is 11.4. The minimum Gasteiger partial charge on any atom is -0.494 e. The lowest BCUT2D eigenvalue weighted by Gasteiger charge is -2.12. The van der Waals surface area contributed by atoms with Crippen molar-refractivity contribution in [1.29, 1.82) is 0 Å². The van der Waals surface area contributed by atoms with Crippen molar-refractivity contribution in [2.24, 2.45) is 12.5 Å². The van der Waals surface area contributed by atoms with Gasteiger partial charge < -0.3 is 14.8 Å². The molecule has 220 valence electrons. The van der Waals surface area contributed by atoms with Gasteiger partial charge in [0.15, 0.2) is 11.6 Å². The molecule has 1 aliphatic rings. The van der Waals surface area contributed by atoms with Crippen molar-refractivity contribution in [2.75, 3.05) is 11.9 Å². The van der Waals surface area contributed by atoms with Gasteiger partial charge in [-0.05, 0) is 80.5 Å². The summed E-state index contributed by atoms with van der Waals surface area (Å²) in [6, 6.07) is 20.4. The molecule has 6 rings (SSSR count). The van der Waals surface area contributed by atoms with Gasteiger partial charge in [0.2, 0.25) is 0 Å². The molecule has 2 heterocycles. The molecule has 9 heteroatoms. The number of carbonyl (C=O) groups excluding carboxylic acids is 1. The zero-order valence-corrected chi connectivity index (χ0v) is 24.4. The number of carbonyl (C=O) groups is 1. The summed E-state index contributed by atoms with van der Waals surface area (Å²) < 4.78 is 30.1. The molecule has 1 fully saturated rings. The standard InChI is InChI=1S/C34H33FN4O4/c1-22-31(33(41)39(38(22)3)24-8-5-4-6-9-24)32(40)37-23-10-13-30(27(35)20-23)43-29-14-18-36-28-21-25(11-12-26(28)29)42-19-7-15-34(2)16-17-34/h4-6,8-14,18,20-21H,7,15-17,19H2,1-3H3,(H,37,40). The average molecular weight is 581 g/mol. The molecule has 1 N–H and O–H groups in total. The van der Waals surface area contributed by atoms with Gasteiger partial charge in [0.25, 0.3) is 11.5 Å². The van der Waals surface area contributed by atoms with Crippen LogP contribution in [-0.2, 0) is 7.05 Å². The van der Waals surface area contributed by atoms with Crippen molar-refractivity contribution in [3.63, 3.8) is 0 Å². The number of halogens is 1. The Hall–Kier alpha value is -4.92. The molecule has 0 unspecified atom stereocenters. The number of hydrogen-bond donors (Lipinski definition) is 1. The lowest BCUT2D eigenvalue weighted by molar-refractivity contribution is 0.102. The van der Waals surface area contributed by atoms with E-state index in [4.69, 9.17) is 9.47 Å². The molecular weight excluding hydrogens is 547 g/mol. The summed E-state index contributed by atoms with van der Waals surface area (Å²) in [5.41, 5.74) is 2.01. The minimum absolute atomic E-state index is 0.0123. The van der Waals surface area contributed by atoms with E-state index >= 15 is 4.39 Å². The minimum atomic E-state index is -0.668. The summed E-state index contributed by atoms with van der Waals surface area (Å²) in [4.78, 5) is 30.7. The van der Waals surface area contributed by atoms with E-state index in [9.17, 15) is 9.59 Å². The van der Waals surface area contributed by atoms with Gasteiger partial charge >= 0.3 is 0 Å². The van der Waals surface area contributed by atoms with Crippen LogP contribution in [0.3, 0.4) is 0 Å². The van der Waals surface area contributed by atoms with Gasteiger partial charge in [-0.3, -0.25) is 19.3 Å². The van der Waals surface area contributed by atoms with E-state index in [1.54, 1.807) is 43.0 Å².